The standard InChI is InChI=1S/C14H15FN2S/c15-12-6-8-13(9-7-12)18-10-14(17-16)11-4-2-1-3-5-11/h1-9,14,17H,10,16H2. The Bertz CT molecular complexity index is 473. The number of hydrazine groups is 1. The van der Waals surface area contributed by atoms with E-state index in [1.807, 2.05) is 30.3 Å². The first-order valence-electron chi connectivity index (χ1n) is 5.69. The molecule has 2 rings (SSSR count). The van der Waals surface area contributed by atoms with Crippen LogP contribution in [0.2, 0.25) is 0 Å². The van der Waals surface area contributed by atoms with Gasteiger partial charge >= 0.3 is 0 Å². The fraction of sp³-hybridized carbons (Fsp3) is 0.143. The van der Waals surface area contributed by atoms with Crippen molar-refractivity contribution < 1.29 is 4.39 Å². The van der Waals surface area contributed by atoms with Gasteiger partial charge in [-0.3, -0.25) is 11.3 Å². The van der Waals surface area contributed by atoms with Crippen LogP contribution in [0.4, 0.5) is 4.39 Å². The Hall–Kier alpha value is -1.36. The summed E-state index contributed by atoms with van der Waals surface area (Å²) in [4.78, 5) is 1.03. The number of nitrogens with two attached hydrogens (primary N) is 1. The quantitative estimate of drug-likeness (QED) is 0.494. The van der Waals surface area contributed by atoms with Gasteiger partial charge in [0.15, 0.2) is 0 Å². The first-order chi connectivity index (χ1) is 8.79. The van der Waals surface area contributed by atoms with E-state index in [9.17, 15) is 4.39 Å². The second-order valence-corrected chi connectivity index (χ2v) is 4.99. The Labute approximate surface area is 110 Å². The van der Waals surface area contributed by atoms with Crippen molar-refractivity contribution in [3.63, 3.8) is 0 Å². The van der Waals surface area contributed by atoms with Crippen LogP contribution in [0.25, 0.3) is 0 Å². The van der Waals surface area contributed by atoms with Gasteiger partial charge in [0.1, 0.15) is 5.82 Å². The topological polar surface area (TPSA) is 38.0 Å². The lowest BCUT2D eigenvalue weighted by molar-refractivity contribution is 0.610. The summed E-state index contributed by atoms with van der Waals surface area (Å²) in [6, 6.07) is 16.6. The van der Waals surface area contributed by atoms with E-state index in [4.69, 9.17) is 5.84 Å². The lowest BCUT2D eigenvalue weighted by Gasteiger charge is -2.15. The molecule has 0 aromatic heterocycles. The largest absolute Gasteiger partial charge is 0.271 e. The Balaban J connectivity index is 1.97. The highest BCUT2D eigenvalue weighted by Crippen LogP contribution is 2.24. The van der Waals surface area contributed by atoms with E-state index in [1.165, 1.54) is 12.1 Å². The van der Waals surface area contributed by atoms with Crippen molar-refractivity contribution in [2.24, 2.45) is 5.84 Å². The summed E-state index contributed by atoms with van der Waals surface area (Å²) in [5, 5.41) is 0. The van der Waals surface area contributed by atoms with Gasteiger partial charge in [-0.15, -0.1) is 11.8 Å². The number of hydrogen-bond donors (Lipinski definition) is 2. The summed E-state index contributed by atoms with van der Waals surface area (Å²) < 4.78 is 12.8. The zero-order valence-electron chi connectivity index (χ0n) is 9.84. The molecule has 18 heavy (non-hydrogen) atoms. The van der Waals surface area contributed by atoms with Gasteiger partial charge in [-0.1, -0.05) is 30.3 Å². The van der Waals surface area contributed by atoms with Crippen LogP contribution < -0.4 is 11.3 Å². The van der Waals surface area contributed by atoms with Crippen LogP contribution in [0.15, 0.2) is 59.5 Å². The van der Waals surface area contributed by atoms with Crippen molar-refractivity contribution in [3.8, 4) is 0 Å². The highest BCUT2D eigenvalue weighted by molar-refractivity contribution is 7.99. The van der Waals surface area contributed by atoms with Crippen molar-refractivity contribution in [1.29, 1.82) is 0 Å². The molecule has 94 valence electrons. The highest BCUT2D eigenvalue weighted by atomic mass is 32.2. The van der Waals surface area contributed by atoms with Gasteiger partial charge in [-0.05, 0) is 29.8 Å². The fourth-order valence-electron chi connectivity index (χ4n) is 1.64. The zero-order chi connectivity index (χ0) is 12.8. The molecule has 2 aromatic carbocycles. The summed E-state index contributed by atoms with van der Waals surface area (Å²) in [6.45, 7) is 0. The molecule has 1 unspecified atom stereocenters. The summed E-state index contributed by atoms with van der Waals surface area (Å²) in [7, 11) is 0. The van der Waals surface area contributed by atoms with Gasteiger partial charge in [-0.25, -0.2) is 4.39 Å². The maximum absolute atomic E-state index is 12.8. The first-order valence-corrected chi connectivity index (χ1v) is 6.67. The number of hydrogen-bond acceptors (Lipinski definition) is 3. The highest BCUT2D eigenvalue weighted by Gasteiger charge is 2.09. The Kier molecular flexibility index (Phi) is 4.75. The van der Waals surface area contributed by atoms with Crippen LogP contribution in [0.1, 0.15) is 11.6 Å². The lowest BCUT2D eigenvalue weighted by atomic mass is 10.1. The number of benzene rings is 2. The molecule has 0 bridgehead atoms. The van der Waals surface area contributed by atoms with Crippen molar-refractivity contribution in [2.75, 3.05) is 5.75 Å². The molecule has 0 aliphatic carbocycles. The first kappa shape index (κ1) is 13.1. The smallest absolute Gasteiger partial charge is 0.123 e. The molecular weight excluding hydrogens is 247 g/mol. The molecule has 1 atom stereocenters. The third-order valence-electron chi connectivity index (χ3n) is 2.63. The van der Waals surface area contributed by atoms with Gasteiger partial charge in [0.2, 0.25) is 0 Å². The minimum Gasteiger partial charge on any atom is -0.271 e. The molecule has 0 aliphatic rings. The molecule has 0 saturated heterocycles. The average Bonchev–Trinajstić information content (AvgIpc) is 2.43. The van der Waals surface area contributed by atoms with Crippen LogP contribution in [0.3, 0.4) is 0 Å². The zero-order valence-corrected chi connectivity index (χ0v) is 10.7. The average molecular weight is 262 g/mol. The van der Waals surface area contributed by atoms with Crippen LogP contribution in [-0.4, -0.2) is 5.75 Å². The molecule has 0 heterocycles. The van der Waals surface area contributed by atoms with E-state index in [2.05, 4.69) is 5.43 Å². The van der Waals surface area contributed by atoms with E-state index >= 15 is 0 Å². The van der Waals surface area contributed by atoms with Gasteiger partial charge in [0.05, 0.1) is 6.04 Å². The van der Waals surface area contributed by atoms with Gasteiger partial charge in [0, 0.05) is 10.6 Å². The van der Waals surface area contributed by atoms with Gasteiger partial charge < -0.3 is 0 Å². The number of thioether (sulfide) groups is 1. The second-order valence-electron chi connectivity index (χ2n) is 3.89. The predicted molar refractivity (Wildman–Crippen MR) is 73.6 cm³/mol. The number of nitrogens with one attached hydrogen (secondary N) is 1. The van der Waals surface area contributed by atoms with E-state index in [0.29, 0.717) is 0 Å². The minimum atomic E-state index is -0.212. The molecule has 4 heteroatoms. The van der Waals surface area contributed by atoms with Crippen molar-refractivity contribution in [3.05, 3.63) is 66.0 Å². The summed E-state index contributed by atoms with van der Waals surface area (Å²) in [5.74, 6) is 6.16. The second kappa shape index (κ2) is 6.54. The van der Waals surface area contributed by atoms with Crippen molar-refractivity contribution in [1.82, 2.24) is 5.43 Å². The predicted octanol–water partition coefficient (Wildman–Crippen LogP) is 3.12. The normalized spacial score (nSPS) is 12.3. The van der Waals surface area contributed by atoms with Crippen molar-refractivity contribution in [2.45, 2.75) is 10.9 Å². The molecule has 0 spiro atoms. The lowest BCUT2D eigenvalue weighted by Crippen LogP contribution is -2.29. The summed E-state index contributed by atoms with van der Waals surface area (Å²) in [6.07, 6.45) is 0. The fourth-order valence-corrected chi connectivity index (χ4v) is 2.61. The van der Waals surface area contributed by atoms with E-state index < -0.39 is 0 Å². The molecule has 0 saturated carbocycles. The molecule has 0 amide bonds. The van der Waals surface area contributed by atoms with Gasteiger partial charge in [0.25, 0.3) is 0 Å². The molecule has 3 N–H and O–H groups in total. The van der Waals surface area contributed by atoms with Crippen LogP contribution in [0, 0.1) is 5.82 Å². The van der Waals surface area contributed by atoms with Crippen molar-refractivity contribution >= 4 is 11.8 Å². The maximum Gasteiger partial charge on any atom is 0.123 e. The molecular formula is C14H15FN2S. The maximum atomic E-state index is 12.8. The minimum absolute atomic E-state index is 0.0845. The summed E-state index contributed by atoms with van der Waals surface area (Å²) in [5.41, 5.74) is 3.95. The van der Waals surface area contributed by atoms with E-state index in [-0.39, 0.29) is 11.9 Å². The molecule has 0 radical (unpaired) electrons. The Morgan fingerprint density at radius 3 is 2.33 bits per heavy atom. The van der Waals surface area contributed by atoms with E-state index in [1.54, 1.807) is 23.9 Å². The Morgan fingerprint density at radius 2 is 1.72 bits per heavy atom. The van der Waals surface area contributed by atoms with E-state index in [0.717, 1.165) is 16.2 Å². The molecule has 2 nitrogen and oxygen atoms in total. The molecule has 0 fully saturated rings. The third kappa shape index (κ3) is 3.57. The molecule has 0 aliphatic heterocycles. The monoisotopic (exact) mass is 262 g/mol. The summed E-state index contributed by atoms with van der Waals surface area (Å²) >= 11 is 1.65. The third-order valence-corrected chi connectivity index (χ3v) is 3.74. The SMILES string of the molecule is NNC(CSc1ccc(F)cc1)c1ccccc1. The van der Waals surface area contributed by atoms with Crippen LogP contribution in [-0.2, 0) is 0 Å². The Morgan fingerprint density at radius 1 is 1.06 bits per heavy atom. The van der Waals surface area contributed by atoms with Crippen LogP contribution in [0.5, 0.6) is 0 Å². The van der Waals surface area contributed by atoms with Gasteiger partial charge in [-0.2, -0.15) is 0 Å². The number of rotatable bonds is 5. The number of halogens is 1. The molecule has 2 aromatic rings. The van der Waals surface area contributed by atoms with Crippen LogP contribution >= 0.6 is 11.8 Å².